The SMILES string of the molecule is COc1ccc(CNC(=O)CC2CCNCC2Cc2cc(-c3ccc(OC)cc3)on2)cc1. The number of piperidine rings is 1. The van der Waals surface area contributed by atoms with Crippen LogP contribution in [0.5, 0.6) is 11.5 Å². The van der Waals surface area contributed by atoms with Crippen LogP contribution in [-0.2, 0) is 17.8 Å². The van der Waals surface area contributed by atoms with Gasteiger partial charge in [0.1, 0.15) is 11.5 Å². The molecule has 1 fully saturated rings. The second kappa shape index (κ2) is 11.0. The maximum atomic E-state index is 12.6. The zero-order valence-electron chi connectivity index (χ0n) is 19.2. The van der Waals surface area contributed by atoms with Crippen LogP contribution in [0.2, 0.25) is 0 Å². The summed E-state index contributed by atoms with van der Waals surface area (Å²) < 4.78 is 16.0. The molecule has 7 nitrogen and oxygen atoms in total. The van der Waals surface area contributed by atoms with E-state index in [2.05, 4.69) is 15.8 Å². The van der Waals surface area contributed by atoms with E-state index in [1.807, 2.05) is 54.6 Å². The Bertz CT molecular complexity index is 1030. The lowest BCUT2D eigenvalue weighted by Crippen LogP contribution is -2.40. The number of hydrogen-bond acceptors (Lipinski definition) is 6. The molecule has 174 valence electrons. The molecule has 2 aromatic carbocycles. The smallest absolute Gasteiger partial charge is 0.220 e. The molecular weight excluding hydrogens is 418 g/mol. The van der Waals surface area contributed by atoms with Gasteiger partial charge in [-0.3, -0.25) is 4.79 Å². The number of amides is 1. The first-order valence-corrected chi connectivity index (χ1v) is 11.3. The van der Waals surface area contributed by atoms with Crippen molar-refractivity contribution >= 4 is 5.91 Å². The number of benzene rings is 2. The minimum Gasteiger partial charge on any atom is -0.497 e. The minimum atomic E-state index is 0.0850. The number of hydrogen-bond donors (Lipinski definition) is 2. The number of methoxy groups -OCH3 is 2. The largest absolute Gasteiger partial charge is 0.497 e. The number of rotatable bonds is 9. The van der Waals surface area contributed by atoms with E-state index in [-0.39, 0.29) is 5.91 Å². The molecule has 1 aromatic heterocycles. The molecule has 1 amide bonds. The van der Waals surface area contributed by atoms with Gasteiger partial charge in [-0.25, -0.2) is 0 Å². The third-order valence-corrected chi connectivity index (χ3v) is 6.27. The third-order valence-electron chi connectivity index (χ3n) is 6.27. The summed E-state index contributed by atoms with van der Waals surface area (Å²) >= 11 is 0. The van der Waals surface area contributed by atoms with Crippen molar-refractivity contribution in [2.45, 2.75) is 25.8 Å². The summed E-state index contributed by atoms with van der Waals surface area (Å²) in [6, 6.07) is 17.5. The van der Waals surface area contributed by atoms with E-state index in [9.17, 15) is 4.79 Å². The first-order valence-electron chi connectivity index (χ1n) is 11.3. The van der Waals surface area contributed by atoms with E-state index in [1.165, 1.54) is 0 Å². The second-order valence-corrected chi connectivity index (χ2v) is 8.46. The first kappa shape index (κ1) is 22.9. The van der Waals surface area contributed by atoms with Crippen molar-refractivity contribution in [3.63, 3.8) is 0 Å². The van der Waals surface area contributed by atoms with Crippen LogP contribution in [0.3, 0.4) is 0 Å². The zero-order chi connectivity index (χ0) is 23.0. The van der Waals surface area contributed by atoms with E-state index in [1.54, 1.807) is 14.2 Å². The van der Waals surface area contributed by atoms with Gasteiger partial charge in [0.05, 0.1) is 19.9 Å². The van der Waals surface area contributed by atoms with Gasteiger partial charge in [0.2, 0.25) is 5.91 Å². The van der Waals surface area contributed by atoms with Gasteiger partial charge in [-0.05, 0) is 79.7 Å². The standard InChI is InChI=1S/C26H31N3O4/c1-31-23-7-3-18(4-8-23)16-28-26(30)14-20-11-12-27-17-21(20)13-22-15-25(33-29-22)19-5-9-24(32-2)10-6-19/h3-10,15,20-21,27H,11-14,16-17H2,1-2H3,(H,28,30). The molecule has 2 N–H and O–H groups in total. The Labute approximate surface area is 194 Å². The maximum absolute atomic E-state index is 12.6. The molecule has 0 spiro atoms. The van der Waals surface area contributed by atoms with Gasteiger partial charge in [0, 0.05) is 24.6 Å². The highest BCUT2D eigenvalue weighted by Gasteiger charge is 2.28. The molecule has 3 aromatic rings. The molecule has 2 atom stereocenters. The Morgan fingerprint density at radius 1 is 1.06 bits per heavy atom. The summed E-state index contributed by atoms with van der Waals surface area (Å²) in [7, 11) is 3.29. The molecule has 2 unspecified atom stereocenters. The van der Waals surface area contributed by atoms with E-state index in [4.69, 9.17) is 14.0 Å². The quantitative estimate of drug-likeness (QED) is 0.516. The molecule has 0 bridgehead atoms. The monoisotopic (exact) mass is 449 g/mol. The predicted molar refractivity (Wildman–Crippen MR) is 126 cm³/mol. The maximum Gasteiger partial charge on any atom is 0.220 e. The summed E-state index contributed by atoms with van der Waals surface area (Å²) in [4.78, 5) is 12.6. The summed E-state index contributed by atoms with van der Waals surface area (Å²) in [6.07, 6.45) is 2.28. The topological polar surface area (TPSA) is 85.6 Å². The van der Waals surface area contributed by atoms with E-state index >= 15 is 0 Å². The Kier molecular flexibility index (Phi) is 7.62. The Hall–Kier alpha value is -3.32. The Morgan fingerprint density at radius 3 is 2.45 bits per heavy atom. The highest BCUT2D eigenvalue weighted by molar-refractivity contribution is 5.76. The van der Waals surface area contributed by atoms with Crippen molar-refractivity contribution in [3.8, 4) is 22.8 Å². The van der Waals surface area contributed by atoms with Gasteiger partial charge in [0.25, 0.3) is 0 Å². The molecule has 2 heterocycles. The molecular formula is C26H31N3O4. The molecule has 0 aliphatic carbocycles. The van der Waals surface area contributed by atoms with E-state index in [0.29, 0.717) is 24.8 Å². The van der Waals surface area contributed by atoms with Crippen LogP contribution < -0.4 is 20.1 Å². The molecule has 7 heteroatoms. The normalized spacial score (nSPS) is 18.0. The van der Waals surface area contributed by atoms with Crippen LogP contribution >= 0.6 is 0 Å². The van der Waals surface area contributed by atoms with Crippen LogP contribution in [0.15, 0.2) is 59.1 Å². The molecule has 1 aliphatic rings. The van der Waals surface area contributed by atoms with E-state index < -0.39 is 0 Å². The van der Waals surface area contributed by atoms with Crippen LogP contribution in [0.4, 0.5) is 0 Å². The van der Waals surface area contributed by atoms with Crippen molar-refractivity contribution in [2.75, 3.05) is 27.3 Å². The lowest BCUT2D eigenvalue weighted by molar-refractivity contribution is -0.122. The number of nitrogens with one attached hydrogen (secondary N) is 2. The zero-order valence-corrected chi connectivity index (χ0v) is 19.2. The van der Waals surface area contributed by atoms with Crippen molar-refractivity contribution in [1.29, 1.82) is 0 Å². The summed E-state index contributed by atoms with van der Waals surface area (Å²) in [5, 5.41) is 10.8. The molecule has 1 aliphatic heterocycles. The van der Waals surface area contributed by atoms with Crippen molar-refractivity contribution < 1.29 is 18.8 Å². The molecule has 4 rings (SSSR count). The third kappa shape index (κ3) is 6.14. The number of nitrogens with zero attached hydrogens (tertiary/aromatic N) is 1. The fourth-order valence-electron chi connectivity index (χ4n) is 4.31. The lowest BCUT2D eigenvalue weighted by atomic mass is 9.81. The fraction of sp³-hybridized carbons (Fsp3) is 0.385. The van der Waals surface area contributed by atoms with Gasteiger partial charge in [-0.15, -0.1) is 0 Å². The number of ether oxygens (including phenoxy) is 2. The highest BCUT2D eigenvalue weighted by atomic mass is 16.5. The van der Waals surface area contributed by atoms with Crippen LogP contribution in [0, 0.1) is 11.8 Å². The van der Waals surface area contributed by atoms with Crippen molar-refractivity contribution in [3.05, 3.63) is 65.9 Å². The summed E-state index contributed by atoms with van der Waals surface area (Å²) in [5.41, 5.74) is 2.93. The Morgan fingerprint density at radius 2 is 1.76 bits per heavy atom. The van der Waals surface area contributed by atoms with Crippen LogP contribution in [0.1, 0.15) is 24.1 Å². The van der Waals surface area contributed by atoms with Gasteiger partial charge >= 0.3 is 0 Å². The van der Waals surface area contributed by atoms with Crippen LogP contribution in [-0.4, -0.2) is 38.4 Å². The van der Waals surface area contributed by atoms with Crippen molar-refractivity contribution in [1.82, 2.24) is 15.8 Å². The fourth-order valence-corrected chi connectivity index (χ4v) is 4.31. The van der Waals surface area contributed by atoms with Crippen molar-refractivity contribution in [2.24, 2.45) is 11.8 Å². The lowest BCUT2D eigenvalue weighted by Gasteiger charge is -2.31. The van der Waals surface area contributed by atoms with Gasteiger partial charge in [-0.1, -0.05) is 17.3 Å². The molecule has 0 radical (unpaired) electrons. The van der Waals surface area contributed by atoms with Gasteiger partial charge < -0.3 is 24.6 Å². The predicted octanol–water partition coefficient (Wildman–Crippen LogP) is 3.83. The number of carbonyl (C=O) groups excluding carboxylic acids is 1. The molecule has 1 saturated heterocycles. The molecule has 33 heavy (non-hydrogen) atoms. The molecule has 0 saturated carbocycles. The Balaban J connectivity index is 1.32. The number of carbonyl (C=O) groups is 1. The summed E-state index contributed by atoms with van der Waals surface area (Å²) in [6.45, 7) is 2.33. The van der Waals surface area contributed by atoms with Gasteiger partial charge in [0.15, 0.2) is 5.76 Å². The first-order chi connectivity index (χ1) is 16.1. The summed E-state index contributed by atoms with van der Waals surface area (Å²) in [5.74, 6) is 3.08. The number of aromatic nitrogens is 1. The second-order valence-electron chi connectivity index (χ2n) is 8.46. The van der Waals surface area contributed by atoms with Crippen LogP contribution in [0.25, 0.3) is 11.3 Å². The average Bonchev–Trinajstić information content (AvgIpc) is 3.33. The average molecular weight is 450 g/mol. The minimum absolute atomic E-state index is 0.0850. The van der Waals surface area contributed by atoms with E-state index in [0.717, 1.165) is 60.0 Å². The highest BCUT2D eigenvalue weighted by Crippen LogP contribution is 2.28. The van der Waals surface area contributed by atoms with Gasteiger partial charge in [-0.2, -0.15) is 0 Å².